The molecule has 2 aromatic rings. The predicted molar refractivity (Wildman–Crippen MR) is 73.6 cm³/mol. The van der Waals surface area contributed by atoms with Gasteiger partial charge >= 0.3 is 0 Å². The Kier molecular flexibility index (Phi) is 3.29. The Labute approximate surface area is 123 Å². The van der Waals surface area contributed by atoms with Crippen LogP contribution < -0.4 is 4.90 Å². The molecule has 2 heterocycles. The molecular formula is C14H10F2N2O2S. The summed E-state index contributed by atoms with van der Waals surface area (Å²) < 4.78 is 27.6. The van der Waals surface area contributed by atoms with Crippen molar-refractivity contribution in [2.24, 2.45) is 0 Å². The number of amides is 1. The Bertz CT molecular complexity index is 757. The molecule has 0 saturated heterocycles. The summed E-state index contributed by atoms with van der Waals surface area (Å²) in [4.78, 5) is 29.8. The van der Waals surface area contributed by atoms with Crippen LogP contribution in [0, 0.1) is 18.6 Å². The molecule has 1 aliphatic rings. The SMILES string of the molecule is Cc1ncsc1CCN1C(=O)C(=O)c2c(F)ccc(F)c21. The van der Waals surface area contributed by atoms with Crippen molar-refractivity contribution in [2.75, 3.05) is 11.4 Å². The first-order chi connectivity index (χ1) is 10.0. The number of benzene rings is 1. The van der Waals surface area contributed by atoms with Gasteiger partial charge in [0, 0.05) is 17.8 Å². The molecule has 0 atom stereocenters. The summed E-state index contributed by atoms with van der Waals surface area (Å²) in [5, 5.41) is 0. The van der Waals surface area contributed by atoms with Gasteiger partial charge in [-0.2, -0.15) is 0 Å². The van der Waals surface area contributed by atoms with E-state index >= 15 is 0 Å². The monoisotopic (exact) mass is 308 g/mol. The van der Waals surface area contributed by atoms with Crippen LogP contribution in [-0.2, 0) is 11.2 Å². The number of aromatic nitrogens is 1. The number of carbonyl (C=O) groups is 2. The zero-order valence-electron chi connectivity index (χ0n) is 11.0. The number of thiazole rings is 1. The molecule has 0 saturated carbocycles. The first-order valence-corrected chi connectivity index (χ1v) is 7.12. The summed E-state index contributed by atoms with van der Waals surface area (Å²) in [6.45, 7) is 1.94. The number of anilines is 1. The van der Waals surface area contributed by atoms with Crippen molar-refractivity contribution in [3.05, 3.63) is 45.4 Å². The van der Waals surface area contributed by atoms with Crippen LogP contribution in [0.25, 0.3) is 0 Å². The van der Waals surface area contributed by atoms with E-state index < -0.39 is 28.9 Å². The summed E-state index contributed by atoms with van der Waals surface area (Å²) in [6, 6.07) is 1.78. The molecule has 0 unspecified atom stereocenters. The Morgan fingerprint density at radius 2 is 1.95 bits per heavy atom. The average Bonchev–Trinajstić information content (AvgIpc) is 2.97. The van der Waals surface area contributed by atoms with Gasteiger partial charge in [0.2, 0.25) is 0 Å². The number of nitrogens with zero attached hydrogens (tertiary/aromatic N) is 2. The first kappa shape index (κ1) is 13.8. The first-order valence-electron chi connectivity index (χ1n) is 6.24. The van der Waals surface area contributed by atoms with Crippen LogP contribution in [0.3, 0.4) is 0 Å². The zero-order chi connectivity index (χ0) is 15.1. The van der Waals surface area contributed by atoms with Crippen molar-refractivity contribution >= 4 is 28.7 Å². The number of rotatable bonds is 3. The lowest BCUT2D eigenvalue weighted by Gasteiger charge is -2.16. The van der Waals surface area contributed by atoms with E-state index in [0.717, 1.165) is 27.6 Å². The normalized spacial score (nSPS) is 14.0. The number of carbonyl (C=O) groups excluding carboxylic acids is 2. The third-order valence-corrected chi connectivity index (χ3v) is 4.42. The molecule has 0 spiro atoms. The van der Waals surface area contributed by atoms with Crippen molar-refractivity contribution in [3.63, 3.8) is 0 Å². The van der Waals surface area contributed by atoms with E-state index in [9.17, 15) is 18.4 Å². The molecule has 1 amide bonds. The van der Waals surface area contributed by atoms with Crippen LogP contribution in [-0.4, -0.2) is 23.2 Å². The van der Waals surface area contributed by atoms with Gasteiger partial charge in [-0.15, -0.1) is 11.3 Å². The molecule has 0 N–H and O–H groups in total. The highest BCUT2D eigenvalue weighted by Gasteiger charge is 2.40. The minimum atomic E-state index is -0.997. The van der Waals surface area contributed by atoms with Crippen LogP contribution in [0.5, 0.6) is 0 Å². The molecule has 0 fully saturated rings. The Morgan fingerprint density at radius 3 is 2.62 bits per heavy atom. The van der Waals surface area contributed by atoms with Gasteiger partial charge in [0.25, 0.3) is 11.7 Å². The topological polar surface area (TPSA) is 50.3 Å². The van der Waals surface area contributed by atoms with Gasteiger partial charge in [0.05, 0.1) is 22.5 Å². The highest BCUT2D eigenvalue weighted by molar-refractivity contribution is 7.09. The van der Waals surface area contributed by atoms with Crippen molar-refractivity contribution in [2.45, 2.75) is 13.3 Å². The molecule has 4 nitrogen and oxygen atoms in total. The van der Waals surface area contributed by atoms with Crippen LogP contribution in [0.1, 0.15) is 20.9 Å². The van der Waals surface area contributed by atoms with Gasteiger partial charge in [-0.3, -0.25) is 9.59 Å². The van der Waals surface area contributed by atoms with Gasteiger partial charge in [0.15, 0.2) is 0 Å². The standard InChI is InChI=1S/C14H10F2N2O2S/c1-7-10(21-6-17-7)4-5-18-12-9(16)3-2-8(15)11(12)13(19)14(18)20/h2-3,6H,4-5H2,1H3. The van der Waals surface area contributed by atoms with E-state index in [2.05, 4.69) is 4.98 Å². The second-order valence-electron chi connectivity index (χ2n) is 4.65. The second-order valence-corrected chi connectivity index (χ2v) is 5.59. The molecule has 1 aromatic carbocycles. The van der Waals surface area contributed by atoms with Crippen molar-refractivity contribution in [1.82, 2.24) is 4.98 Å². The van der Waals surface area contributed by atoms with E-state index in [1.54, 1.807) is 5.51 Å². The van der Waals surface area contributed by atoms with Crippen molar-refractivity contribution < 1.29 is 18.4 Å². The smallest absolute Gasteiger partial charge is 0.299 e. The lowest BCUT2D eigenvalue weighted by atomic mass is 10.1. The maximum absolute atomic E-state index is 13.9. The van der Waals surface area contributed by atoms with Gasteiger partial charge in [-0.1, -0.05) is 0 Å². The van der Waals surface area contributed by atoms with Gasteiger partial charge < -0.3 is 4.90 Å². The number of hydrogen-bond donors (Lipinski definition) is 0. The molecule has 0 radical (unpaired) electrons. The molecule has 0 aliphatic carbocycles. The summed E-state index contributed by atoms with van der Waals surface area (Å²) in [6.07, 6.45) is 0.435. The largest absolute Gasteiger partial charge is 0.302 e. The van der Waals surface area contributed by atoms with Crippen LogP contribution >= 0.6 is 11.3 Å². The minimum absolute atomic E-state index is 0.112. The second kappa shape index (κ2) is 5.00. The van der Waals surface area contributed by atoms with Crippen LogP contribution in [0.2, 0.25) is 0 Å². The number of Topliss-reactive ketones (excluding diaryl/α,β-unsaturated/α-hetero) is 1. The number of ketones is 1. The van der Waals surface area contributed by atoms with E-state index in [4.69, 9.17) is 0 Å². The summed E-state index contributed by atoms with van der Waals surface area (Å²) in [5.41, 5.74) is 1.78. The fourth-order valence-corrected chi connectivity index (χ4v) is 3.12. The number of halogens is 2. The van der Waals surface area contributed by atoms with E-state index in [1.165, 1.54) is 11.3 Å². The third kappa shape index (κ3) is 2.13. The quantitative estimate of drug-likeness (QED) is 0.819. The fourth-order valence-electron chi connectivity index (χ4n) is 2.34. The molecule has 0 bridgehead atoms. The van der Waals surface area contributed by atoms with E-state index in [0.29, 0.717) is 6.42 Å². The molecule has 21 heavy (non-hydrogen) atoms. The molecule has 1 aromatic heterocycles. The molecule has 7 heteroatoms. The lowest BCUT2D eigenvalue weighted by Crippen LogP contribution is -2.32. The highest BCUT2D eigenvalue weighted by Crippen LogP contribution is 2.33. The summed E-state index contributed by atoms with van der Waals surface area (Å²) in [7, 11) is 0. The Balaban J connectivity index is 1.95. The van der Waals surface area contributed by atoms with Gasteiger partial charge in [-0.25, -0.2) is 13.8 Å². The van der Waals surface area contributed by atoms with Gasteiger partial charge in [-0.05, 0) is 19.1 Å². The number of aryl methyl sites for hydroxylation is 1. The van der Waals surface area contributed by atoms with Gasteiger partial charge in [0.1, 0.15) is 11.6 Å². The lowest BCUT2D eigenvalue weighted by molar-refractivity contribution is -0.114. The third-order valence-electron chi connectivity index (χ3n) is 3.42. The summed E-state index contributed by atoms with van der Waals surface area (Å²) in [5.74, 6) is -3.54. The molecule has 108 valence electrons. The minimum Gasteiger partial charge on any atom is -0.302 e. The van der Waals surface area contributed by atoms with E-state index in [-0.39, 0.29) is 12.2 Å². The average molecular weight is 308 g/mol. The molecule has 1 aliphatic heterocycles. The van der Waals surface area contributed by atoms with E-state index in [1.807, 2.05) is 6.92 Å². The number of fused-ring (bicyclic) bond motifs is 1. The van der Waals surface area contributed by atoms with Crippen LogP contribution in [0.4, 0.5) is 14.5 Å². The predicted octanol–water partition coefficient (Wildman–Crippen LogP) is 2.50. The maximum atomic E-state index is 13.9. The molecule has 3 rings (SSSR count). The van der Waals surface area contributed by atoms with Crippen molar-refractivity contribution in [1.29, 1.82) is 0 Å². The molecular weight excluding hydrogens is 298 g/mol. The summed E-state index contributed by atoms with van der Waals surface area (Å²) >= 11 is 1.42. The van der Waals surface area contributed by atoms with Crippen molar-refractivity contribution in [3.8, 4) is 0 Å². The maximum Gasteiger partial charge on any atom is 0.299 e. The highest BCUT2D eigenvalue weighted by atomic mass is 32.1. The Hall–Kier alpha value is -2.15. The van der Waals surface area contributed by atoms with Crippen LogP contribution in [0.15, 0.2) is 17.6 Å². The number of hydrogen-bond acceptors (Lipinski definition) is 4. The Morgan fingerprint density at radius 1 is 1.24 bits per heavy atom. The fraction of sp³-hybridized carbons (Fsp3) is 0.214. The zero-order valence-corrected chi connectivity index (χ0v) is 11.8.